The summed E-state index contributed by atoms with van der Waals surface area (Å²) in [7, 11) is 0. The first kappa shape index (κ1) is 25.0. The molecule has 7 nitrogen and oxygen atoms in total. The zero-order valence-corrected chi connectivity index (χ0v) is 21.1. The van der Waals surface area contributed by atoms with Crippen LogP contribution in [0.4, 0.5) is 0 Å². The Kier molecular flexibility index (Phi) is 6.79. The number of amides is 1. The van der Waals surface area contributed by atoms with Gasteiger partial charge in [0.15, 0.2) is 0 Å². The Morgan fingerprint density at radius 2 is 1.87 bits per heavy atom. The molecule has 1 amide bonds. The van der Waals surface area contributed by atoms with Crippen molar-refractivity contribution in [1.29, 1.82) is 5.26 Å². The molecule has 2 atom stereocenters. The Balaban J connectivity index is 1.57. The minimum absolute atomic E-state index is 0.171. The van der Waals surface area contributed by atoms with Gasteiger partial charge in [0, 0.05) is 17.7 Å². The molecule has 2 N–H and O–H groups in total. The van der Waals surface area contributed by atoms with Gasteiger partial charge < -0.3 is 15.1 Å². The van der Waals surface area contributed by atoms with E-state index in [4.69, 9.17) is 16.6 Å². The number of nitrogens with two attached hydrogens (primary N) is 1. The van der Waals surface area contributed by atoms with E-state index in [1.807, 2.05) is 55.5 Å². The van der Waals surface area contributed by atoms with Crippen molar-refractivity contribution in [2.45, 2.75) is 37.8 Å². The molecule has 1 saturated heterocycles. The molecule has 0 radical (unpaired) electrons. The van der Waals surface area contributed by atoms with Crippen LogP contribution in [0, 0.1) is 23.7 Å². The topological polar surface area (TPSA) is 109 Å². The summed E-state index contributed by atoms with van der Waals surface area (Å²) < 4.78 is 6.09. The van der Waals surface area contributed by atoms with E-state index >= 15 is 0 Å². The van der Waals surface area contributed by atoms with Gasteiger partial charge in [-0.25, -0.2) is 0 Å². The van der Waals surface area contributed by atoms with Gasteiger partial charge in [-0.15, -0.1) is 16.6 Å². The highest BCUT2D eigenvalue weighted by molar-refractivity contribution is 5.97. The lowest BCUT2D eigenvalue weighted by molar-refractivity contribution is 0.0766. The van der Waals surface area contributed by atoms with Crippen LogP contribution in [0.5, 0.6) is 0 Å². The van der Waals surface area contributed by atoms with E-state index < -0.39 is 5.54 Å². The second-order valence-corrected chi connectivity index (χ2v) is 9.77. The number of rotatable bonds is 6. The highest BCUT2D eigenvalue weighted by Crippen LogP contribution is 2.32. The summed E-state index contributed by atoms with van der Waals surface area (Å²) in [6, 6.07) is 24.5. The van der Waals surface area contributed by atoms with Crippen LogP contribution >= 0.6 is 0 Å². The molecule has 1 fully saturated rings. The van der Waals surface area contributed by atoms with E-state index in [1.54, 1.807) is 29.2 Å². The number of terminal acetylenes is 1. The predicted molar refractivity (Wildman–Crippen MR) is 144 cm³/mol. The van der Waals surface area contributed by atoms with Gasteiger partial charge in [0.2, 0.25) is 11.8 Å². The Labute approximate surface area is 221 Å². The van der Waals surface area contributed by atoms with Crippen molar-refractivity contribution in [2.75, 3.05) is 6.54 Å². The fourth-order valence-corrected chi connectivity index (χ4v) is 4.88. The summed E-state index contributed by atoms with van der Waals surface area (Å²) in [6.07, 6.45) is 7.83. The highest BCUT2D eigenvalue weighted by Gasteiger charge is 2.31. The molecule has 1 aliphatic rings. The van der Waals surface area contributed by atoms with Gasteiger partial charge in [0.05, 0.1) is 23.2 Å². The molecule has 4 aromatic rings. The molecule has 0 saturated carbocycles. The number of likely N-dealkylation sites (tertiary alicyclic amines) is 1. The lowest BCUT2D eigenvalue weighted by Gasteiger charge is -2.21. The largest absolute Gasteiger partial charge is 0.419 e. The smallest absolute Gasteiger partial charge is 0.254 e. The molecule has 3 aromatic carbocycles. The average molecular weight is 502 g/mol. The minimum atomic E-state index is -0.897. The van der Waals surface area contributed by atoms with Crippen molar-refractivity contribution in [3.8, 4) is 41.0 Å². The van der Waals surface area contributed by atoms with Crippen LogP contribution in [0.1, 0.15) is 47.1 Å². The Morgan fingerprint density at radius 3 is 2.63 bits per heavy atom. The number of carbonyl (C=O) groups excluding carboxylic acids is 1. The van der Waals surface area contributed by atoms with E-state index in [2.05, 4.69) is 22.2 Å². The SMILES string of the molecule is C#CC1CCCN1C(=O)c1cc(-c2nnc([C@](C)(N)Cc3ccccc3)o2)cc(-c2ccccc2C#N)c1. The third-order valence-corrected chi connectivity index (χ3v) is 6.82. The van der Waals surface area contributed by atoms with E-state index in [9.17, 15) is 10.1 Å². The predicted octanol–water partition coefficient (Wildman–Crippen LogP) is 4.93. The first-order chi connectivity index (χ1) is 18.4. The molecule has 38 heavy (non-hydrogen) atoms. The van der Waals surface area contributed by atoms with E-state index in [0.717, 1.165) is 18.4 Å². The fourth-order valence-electron chi connectivity index (χ4n) is 4.88. The molecule has 0 spiro atoms. The standard InChI is InChI=1S/C31H27N5O2/c1-3-26-13-9-15-36(26)29(37)25-17-23(27-14-8-7-12-22(27)20-32)16-24(18-25)28-34-35-30(38-28)31(2,33)19-21-10-5-4-6-11-21/h1,4-8,10-12,14,16-18,26H,9,13,15,19,33H2,2H3/t26?,31-/m1/s1. The zero-order chi connectivity index (χ0) is 26.7. The van der Waals surface area contributed by atoms with Gasteiger partial charge in [-0.3, -0.25) is 4.79 Å². The van der Waals surface area contributed by atoms with Crippen LogP contribution in [0.3, 0.4) is 0 Å². The van der Waals surface area contributed by atoms with Crippen molar-refractivity contribution in [3.63, 3.8) is 0 Å². The Bertz CT molecular complexity index is 1560. The Morgan fingerprint density at radius 1 is 1.13 bits per heavy atom. The van der Waals surface area contributed by atoms with Crippen LogP contribution in [0.15, 0.2) is 77.2 Å². The summed E-state index contributed by atoms with van der Waals surface area (Å²) >= 11 is 0. The van der Waals surface area contributed by atoms with Gasteiger partial charge in [0.25, 0.3) is 5.91 Å². The maximum absolute atomic E-state index is 13.6. The van der Waals surface area contributed by atoms with E-state index in [0.29, 0.717) is 46.7 Å². The van der Waals surface area contributed by atoms with Crippen LogP contribution < -0.4 is 5.73 Å². The summed E-state index contributed by atoms with van der Waals surface area (Å²) in [5.74, 6) is 3.08. The fraction of sp³-hybridized carbons (Fsp3) is 0.226. The molecule has 1 aromatic heterocycles. The molecule has 188 valence electrons. The van der Waals surface area contributed by atoms with Crippen LogP contribution in [0.2, 0.25) is 0 Å². The van der Waals surface area contributed by atoms with Crippen molar-refractivity contribution >= 4 is 5.91 Å². The summed E-state index contributed by atoms with van der Waals surface area (Å²) in [5.41, 5.74) is 9.64. The van der Waals surface area contributed by atoms with E-state index in [1.165, 1.54) is 0 Å². The number of nitriles is 1. The highest BCUT2D eigenvalue weighted by atomic mass is 16.4. The minimum Gasteiger partial charge on any atom is -0.419 e. The first-order valence-electron chi connectivity index (χ1n) is 12.5. The summed E-state index contributed by atoms with van der Waals surface area (Å²) in [4.78, 5) is 15.3. The third kappa shape index (κ3) is 4.93. The quantitative estimate of drug-likeness (QED) is 0.375. The second kappa shape index (κ2) is 10.3. The summed E-state index contributed by atoms with van der Waals surface area (Å²) in [6.45, 7) is 2.44. The second-order valence-electron chi connectivity index (χ2n) is 9.77. The molecular formula is C31H27N5O2. The molecular weight excluding hydrogens is 474 g/mol. The van der Waals surface area contributed by atoms with Gasteiger partial charge in [0.1, 0.15) is 0 Å². The van der Waals surface area contributed by atoms with Gasteiger partial charge >= 0.3 is 0 Å². The van der Waals surface area contributed by atoms with Gasteiger partial charge in [-0.05, 0) is 67.1 Å². The molecule has 0 bridgehead atoms. The number of hydrogen-bond donors (Lipinski definition) is 1. The van der Waals surface area contributed by atoms with Crippen LogP contribution in [-0.4, -0.2) is 33.6 Å². The maximum atomic E-state index is 13.6. The molecule has 2 heterocycles. The lowest BCUT2D eigenvalue weighted by atomic mass is 9.94. The monoisotopic (exact) mass is 501 g/mol. The summed E-state index contributed by atoms with van der Waals surface area (Å²) in [5, 5.41) is 18.2. The number of aromatic nitrogens is 2. The lowest BCUT2D eigenvalue weighted by Crippen LogP contribution is -2.35. The molecule has 1 aliphatic heterocycles. The average Bonchev–Trinajstić information content (AvgIpc) is 3.63. The van der Waals surface area contributed by atoms with E-state index in [-0.39, 0.29) is 17.8 Å². The normalized spacial score (nSPS) is 16.4. The number of carbonyl (C=O) groups is 1. The third-order valence-electron chi connectivity index (χ3n) is 6.82. The Hall–Kier alpha value is -4.72. The molecule has 0 aliphatic carbocycles. The zero-order valence-electron chi connectivity index (χ0n) is 21.1. The maximum Gasteiger partial charge on any atom is 0.254 e. The van der Waals surface area contributed by atoms with Crippen molar-refractivity contribution in [1.82, 2.24) is 15.1 Å². The molecule has 1 unspecified atom stereocenters. The number of nitrogens with zero attached hydrogens (tertiary/aromatic N) is 4. The van der Waals surface area contributed by atoms with Gasteiger partial charge in [-0.1, -0.05) is 54.5 Å². The van der Waals surface area contributed by atoms with Crippen molar-refractivity contribution < 1.29 is 9.21 Å². The molecule has 5 rings (SSSR count). The van der Waals surface area contributed by atoms with Crippen molar-refractivity contribution in [3.05, 3.63) is 95.4 Å². The number of hydrogen-bond acceptors (Lipinski definition) is 6. The first-order valence-corrected chi connectivity index (χ1v) is 12.5. The van der Waals surface area contributed by atoms with Crippen molar-refractivity contribution in [2.24, 2.45) is 5.73 Å². The molecule has 7 heteroatoms. The van der Waals surface area contributed by atoms with Gasteiger partial charge in [-0.2, -0.15) is 5.26 Å². The van der Waals surface area contributed by atoms with Crippen LogP contribution in [-0.2, 0) is 12.0 Å². The van der Waals surface area contributed by atoms with Crippen LogP contribution in [0.25, 0.3) is 22.6 Å². The number of benzene rings is 3.